The molecular weight excluding hydrogens is 330 g/mol. The molecule has 0 N–H and O–H groups in total. The number of aryl methyl sites for hydroxylation is 2. The van der Waals surface area contributed by atoms with E-state index in [1.807, 2.05) is 6.92 Å². The fourth-order valence-corrected chi connectivity index (χ4v) is 4.76. The number of nitrogens with zero attached hydrogens (tertiary/aromatic N) is 1. The first-order valence-corrected chi connectivity index (χ1v) is 10.5. The van der Waals surface area contributed by atoms with Crippen LogP contribution in [0, 0.1) is 6.92 Å². The normalized spacial score (nSPS) is 12.5. The van der Waals surface area contributed by atoms with Gasteiger partial charge in [-0.1, -0.05) is 6.07 Å². The van der Waals surface area contributed by atoms with E-state index in [0.717, 1.165) is 16.8 Å². The monoisotopic (exact) mass is 345 g/mol. The van der Waals surface area contributed by atoms with Crippen molar-refractivity contribution in [3.8, 4) is 0 Å². The average Bonchev–Trinajstić information content (AvgIpc) is 2.81. The van der Waals surface area contributed by atoms with E-state index in [-0.39, 0.29) is 15.5 Å². The van der Waals surface area contributed by atoms with Crippen molar-refractivity contribution in [2.75, 3.05) is 12.0 Å². The van der Waals surface area contributed by atoms with E-state index in [9.17, 15) is 16.8 Å². The Morgan fingerprint density at radius 3 is 2.38 bits per heavy atom. The fraction of sp³-hybridized carbons (Fsp3) is 0.308. The average molecular weight is 345 g/mol. The van der Waals surface area contributed by atoms with Crippen LogP contribution >= 0.6 is 11.3 Å². The fourth-order valence-electron chi connectivity index (χ4n) is 1.81. The minimum atomic E-state index is -3.52. The maximum atomic E-state index is 12.3. The minimum absolute atomic E-state index is 0.0116. The highest BCUT2D eigenvalue weighted by atomic mass is 32.2. The van der Waals surface area contributed by atoms with Gasteiger partial charge in [0.25, 0.3) is 0 Å². The first-order chi connectivity index (χ1) is 9.70. The summed E-state index contributed by atoms with van der Waals surface area (Å²) in [6.45, 7) is 1.84. The van der Waals surface area contributed by atoms with Crippen LogP contribution in [0.4, 0.5) is 0 Å². The minimum Gasteiger partial charge on any atom is -0.250 e. The Bertz CT molecular complexity index is 851. The summed E-state index contributed by atoms with van der Waals surface area (Å²) in [5, 5.41) is 0. The first kappa shape index (κ1) is 16.1. The Labute approximate surface area is 128 Å². The zero-order chi connectivity index (χ0) is 15.7. The molecule has 0 aliphatic heterocycles. The third-order valence-electron chi connectivity index (χ3n) is 3.04. The van der Waals surface area contributed by atoms with E-state index in [1.54, 1.807) is 5.51 Å². The van der Waals surface area contributed by atoms with Crippen molar-refractivity contribution >= 4 is 31.0 Å². The number of rotatable bonds is 5. The third kappa shape index (κ3) is 3.90. The van der Waals surface area contributed by atoms with Crippen molar-refractivity contribution in [1.82, 2.24) is 4.98 Å². The molecule has 5 nitrogen and oxygen atoms in total. The van der Waals surface area contributed by atoms with Gasteiger partial charge in [0, 0.05) is 11.1 Å². The molecule has 21 heavy (non-hydrogen) atoms. The largest absolute Gasteiger partial charge is 0.250 e. The lowest BCUT2D eigenvalue weighted by Crippen LogP contribution is -2.10. The molecule has 0 amide bonds. The predicted octanol–water partition coefficient (Wildman–Crippen LogP) is 1.87. The molecule has 8 heteroatoms. The van der Waals surface area contributed by atoms with E-state index >= 15 is 0 Å². The van der Waals surface area contributed by atoms with Gasteiger partial charge >= 0.3 is 0 Å². The number of sulfone groups is 2. The Morgan fingerprint density at radius 2 is 1.81 bits per heavy atom. The van der Waals surface area contributed by atoms with Gasteiger partial charge in [-0.2, -0.15) is 0 Å². The van der Waals surface area contributed by atoms with Gasteiger partial charge < -0.3 is 0 Å². The molecule has 0 aliphatic carbocycles. The summed E-state index contributed by atoms with van der Waals surface area (Å²) < 4.78 is 47.6. The molecule has 0 atom stereocenters. The van der Waals surface area contributed by atoms with Crippen molar-refractivity contribution in [2.45, 2.75) is 23.1 Å². The molecule has 0 spiro atoms. The van der Waals surface area contributed by atoms with Crippen molar-refractivity contribution < 1.29 is 16.8 Å². The van der Waals surface area contributed by atoms with Gasteiger partial charge in [-0.15, -0.1) is 11.3 Å². The standard InChI is InChI=1S/C13H15NO4S3/c1-10-13(19-9-14-10)6-7-21(17,18)12-5-3-4-11(8-12)20(2,15)16/h3-5,8-9H,6-7H2,1-2H3. The van der Waals surface area contributed by atoms with Gasteiger partial charge in [-0.25, -0.2) is 21.8 Å². The zero-order valence-corrected chi connectivity index (χ0v) is 14.1. The predicted molar refractivity (Wildman–Crippen MR) is 82.2 cm³/mol. The van der Waals surface area contributed by atoms with Gasteiger partial charge in [-0.05, 0) is 31.5 Å². The van der Waals surface area contributed by atoms with Crippen LogP contribution in [0.15, 0.2) is 39.6 Å². The van der Waals surface area contributed by atoms with Crippen molar-refractivity contribution in [1.29, 1.82) is 0 Å². The quantitative estimate of drug-likeness (QED) is 0.826. The van der Waals surface area contributed by atoms with Crippen LogP contribution in [0.2, 0.25) is 0 Å². The molecule has 1 aromatic carbocycles. The van der Waals surface area contributed by atoms with Gasteiger partial charge in [-0.3, -0.25) is 0 Å². The molecule has 0 fully saturated rings. The summed E-state index contributed by atoms with van der Waals surface area (Å²) in [6, 6.07) is 5.47. The Kier molecular flexibility index (Phi) is 4.50. The lowest BCUT2D eigenvalue weighted by atomic mass is 10.3. The summed E-state index contributed by atoms with van der Waals surface area (Å²) in [5.41, 5.74) is 2.52. The second kappa shape index (κ2) is 5.86. The van der Waals surface area contributed by atoms with Gasteiger partial charge in [0.15, 0.2) is 19.7 Å². The molecule has 0 saturated carbocycles. The Hall–Kier alpha value is -1.25. The molecular formula is C13H15NO4S3. The summed E-state index contributed by atoms with van der Waals surface area (Å²) in [6.07, 6.45) is 1.43. The Balaban J connectivity index is 2.26. The summed E-state index contributed by atoms with van der Waals surface area (Å²) in [4.78, 5) is 5.06. The van der Waals surface area contributed by atoms with E-state index in [4.69, 9.17) is 0 Å². The van der Waals surface area contributed by atoms with Gasteiger partial charge in [0.05, 0.1) is 26.7 Å². The smallest absolute Gasteiger partial charge is 0.178 e. The summed E-state index contributed by atoms with van der Waals surface area (Å²) in [7, 11) is -6.94. The van der Waals surface area contributed by atoms with Crippen LogP contribution in [0.1, 0.15) is 10.6 Å². The van der Waals surface area contributed by atoms with Gasteiger partial charge in [0.2, 0.25) is 0 Å². The molecule has 1 heterocycles. The van der Waals surface area contributed by atoms with Crippen LogP contribution in [0.25, 0.3) is 0 Å². The first-order valence-electron chi connectivity index (χ1n) is 6.12. The second-order valence-electron chi connectivity index (χ2n) is 4.68. The molecule has 1 aromatic heterocycles. The summed E-state index contributed by atoms with van der Waals surface area (Å²) >= 11 is 1.42. The summed E-state index contributed by atoms with van der Waals surface area (Å²) in [5.74, 6) is -0.0662. The SMILES string of the molecule is Cc1ncsc1CCS(=O)(=O)c1cccc(S(C)(=O)=O)c1. The molecule has 0 aliphatic rings. The van der Waals surface area contributed by atoms with Crippen molar-refractivity contribution in [2.24, 2.45) is 0 Å². The van der Waals surface area contributed by atoms with E-state index in [0.29, 0.717) is 6.42 Å². The Morgan fingerprint density at radius 1 is 1.14 bits per heavy atom. The zero-order valence-electron chi connectivity index (χ0n) is 11.6. The maximum Gasteiger partial charge on any atom is 0.178 e. The third-order valence-corrected chi connectivity index (χ3v) is 6.85. The molecule has 2 rings (SSSR count). The molecule has 2 aromatic rings. The van der Waals surface area contributed by atoms with Crippen LogP contribution in [0.3, 0.4) is 0 Å². The highest BCUT2D eigenvalue weighted by Gasteiger charge is 2.18. The maximum absolute atomic E-state index is 12.3. The molecule has 0 unspecified atom stereocenters. The number of benzene rings is 1. The second-order valence-corrected chi connectivity index (χ2v) is 9.74. The highest BCUT2D eigenvalue weighted by Crippen LogP contribution is 2.19. The topological polar surface area (TPSA) is 81.2 Å². The lowest BCUT2D eigenvalue weighted by molar-refractivity contribution is 0.595. The number of thiazole rings is 1. The van der Waals surface area contributed by atoms with Crippen molar-refractivity contribution in [3.63, 3.8) is 0 Å². The lowest BCUT2D eigenvalue weighted by Gasteiger charge is -2.06. The van der Waals surface area contributed by atoms with Crippen LogP contribution in [0.5, 0.6) is 0 Å². The van der Waals surface area contributed by atoms with E-state index < -0.39 is 19.7 Å². The highest BCUT2D eigenvalue weighted by molar-refractivity contribution is 7.92. The van der Waals surface area contributed by atoms with Crippen LogP contribution in [-0.4, -0.2) is 33.8 Å². The molecule has 0 bridgehead atoms. The molecule has 114 valence electrons. The number of aromatic nitrogens is 1. The van der Waals surface area contributed by atoms with Crippen LogP contribution < -0.4 is 0 Å². The number of hydrogen-bond donors (Lipinski definition) is 0. The number of hydrogen-bond acceptors (Lipinski definition) is 6. The molecule has 0 radical (unpaired) electrons. The van der Waals surface area contributed by atoms with E-state index in [2.05, 4.69) is 4.98 Å². The van der Waals surface area contributed by atoms with Crippen LogP contribution in [-0.2, 0) is 26.1 Å². The van der Waals surface area contributed by atoms with Crippen molar-refractivity contribution in [3.05, 3.63) is 40.3 Å². The molecule has 0 saturated heterocycles. The van der Waals surface area contributed by atoms with Gasteiger partial charge in [0.1, 0.15) is 0 Å². The van der Waals surface area contributed by atoms with E-state index in [1.165, 1.54) is 35.6 Å².